The maximum Gasteiger partial charge on any atom is 0.341 e. The van der Waals surface area contributed by atoms with Crippen molar-refractivity contribution < 1.29 is 9.53 Å². The van der Waals surface area contributed by atoms with Gasteiger partial charge < -0.3 is 10.1 Å². The number of carbonyl (C=O) groups is 1. The van der Waals surface area contributed by atoms with Crippen LogP contribution in [0.4, 0.5) is 5.95 Å². The molecule has 5 heteroatoms. The van der Waals surface area contributed by atoms with Crippen LogP contribution in [0.5, 0.6) is 0 Å². The minimum Gasteiger partial charge on any atom is -0.462 e. The van der Waals surface area contributed by atoms with Gasteiger partial charge >= 0.3 is 5.97 Å². The van der Waals surface area contributed by atoms with Gasteiger partial charge in [0, 0.05) is 12.2 Å². The summed E-state index contributed by atoms with van der Waals surface area (Å²) in [6, 6.07) is 0.310. The lowest BCUT2D eigenvalue weighted by Gasteiger charge is -2.15. The van der Waals surface area contributed by atoms with Crippen LogP contribution in [0.1, 0.15) is 56.6 Å². The SMILES string of the molecule is CCOC(=O)c1cnc(NC(C)CCC(C)C)nc1C. The fourth-order valence-corrected chi connectivity index (χ4v) is 1.82. The molecule has 0 radical (unpaired) electrons. The predicted molar refractivity (Wildman–Crippen MR) is 79.9 cm³/mol. The molecule has 1 N–H and O–H groups in total. The number of hydrogen-bond donors (Lipinski definition) is 1. The first-order valence-corrected chi connectivity index (χ1v) is 7.21. The fraction of sp³-hybridized carbons (Fsp3) is 0.667. The number of nitrogens with zero attached hydrogens (tertiary/aromatic N) is 2. The van der Waals surface area contributed by atoms with Gasteiger partial charge in [-0.25, -0.2) is 14.8 Å². The van der Waals surface area contributed by atoms with Gasteiger partial charge in [0.05, 0.1) is 17.9 Å². The van der Waals surface area contributed by atoms with E-state index in [1.165, 1.54) is 6.20 Å². The maximum atomic E-state index is 11.7. The molecule has 1 heterocycles. The minimum atomic E-state index is -0.371. The van der Waals surface area contributed by atoms with Crippen molar-refractivity contribution in [3.63, 3.8) is 0 Å². The van der Waals surface area contributed by atoms with E-state index in [0.717, 1.165) is 12.8 Å². The normalized spacial score (nSPS) is 12.3. The van der Waals surface area contributed by atoms with E-state index in [1.54, 1.807) is 13.8 Å². The van der Waals surface area contributed by atoms with Crippen molar-refractivity contribution in [2.45, 2.75) is 53.5 Å². The first-order chi connectivity index (χ1) is 9.43. The summed E-state index contributed by atoms with van der Waals surface area (Å²) in [7, 11) is 0. The topological polar surface area (TPSA) is 64.1 Å². The standard InChI is InChI=1S/C15H25N3O2/c1-6-20-14(19)13-9-16-15(18-12(13)5)17-11(4)8-7-10(2)3/h9-11H,6-8H2,1-5H3,(H,16,17,18). The van der Waals surface area contributed by atoms with Crippen molar-refractivity contribution in [2.75, 3.05) is 11.9 Å². The fourth-order valence-electron chi connectivity index (χ4n) is 1.82. The lowest BCUT2D eigenvalue weighted by Crippen LogP contribution is -2.19. The summed E-state index contributed by atoms with van der Waals surface area (Å²) in [5, 5.41) is 3.26. The maximum absolute atomic E-state index is 11.7. The highest BCUT2D eigenvalue weighted by atomic mass is 16.5. The molecule has 5 nitrogen and oxygen atoms in total. The van der Waals surface area contributed by atoms with Crippen molar-refractivity contribution >= 4 is 11.9 Å². The Morgan fingerprint density at radius 1 is 1.35 bits per heavy atom. The number of aromatic nitrogens is 2. The summed E-state index contributed by atoms with van der Waals surface area (Å²) in [4.78, 5) is 20.2. The van der Waals surface area contributed by atoms with Gasteiger partial charge in [-0.3, -0.25) is 0 Å². The molecule has 1 unspecified atom stereocenters. The zero-order valence-electron chi connectivity index (χ0n) is 13.1. The largest absolute Gasteiger partial charge is 0.462 e. The number of rotatable bonds is 7. The summed E-state index contributed by atoms with van der Waals surface area (Å²) in [5.41, 5.74) is 1.06. The van der Waals surface area contributed by atoms with Gasteiger partial charge in [0.25, 0.3) is 0 Å². The molecule has 0 spiro atoms. The Kier molecular flexibility index (Phi) is 6.42. The Labute approximate surface area is 121 Å². The highest BCUT2D eigenvalue weighted by Gasteiger charge is 2.13. The Hall–Kier alpha value is -1.65. The van der Waals surface area contributed by atoms with Gasteiger partial charge in [0.15, 0.2) is 0 Å². The number of aryl methyl sites for hydroxylation is 1. The van der Waals surface area contributed by atoms with Gasteiger partial charge in [0.2, 0.25) is 5.95 Å². The van der Waals surface area contributed by atoms with Crippen LogP contribution in [0.2, 0.25) is 0 Å². The number of esters is 1. The van der Waals surface area contributed by atoms with E-state index in [1.807, 2.05) is 0 Å². The molecule has 0 bridgehead atoms. The number of carbonyl (C=O) groups excluding carboxylic acids is 1. The predicted octanol–water partition coefficient (Wildman–Crippen LogP) is 3.20. The zero-order chi connectivity index (χ0) is 15.1. The first kappa shape index (κ1) is 16.4. The second kappa shape index (κ2) is 7.82. The highest BCUT2D eigenvalue weighted by Crippen LogP contribution is 2.12. The average Bonchev–Trinajstić information content (AvgIpc) is 2.36. The summed E-state index contributed by atoms with van der Waals surface area (Å²) in [5.74, 6) is 0.879. The molecule has 0 aliphatic heterocycles. The van der Waals surface area contributed by atoms with E-state index in [0.29, 0.717) is 35.8 Å². The quantitative estimate of drug-likeness (QED) is 0.776. The summed E-state index contributed by atoms with van der Waals surface area (Å²) < 4.78 is 4.96. The van der Waals surface area contributed by atoms with Crippen LogP contribution in [0.3, 0.4) is 0 Å². The molecule has 1 aromatic rings. The Morgan fingerprint density at radius 2 is 2.05 bits per heavy atom. The van der Waals surface area contributed by atoms with E-state index in [4.69, 9.17) is 4.74 Å². The third-order valence-electron chi connectivity index (χ3n) is 3.03. The van der Waals surface area contributed by atoms with Crippen LogP contribution in [-0.4, -0.2) is 28.6 Å². The van der Waals surface area contributed by atoms with Crippen molar-refractivity contribution in [1.82, 2.24) is 9.97 Å². The van der Waals surface area contributed by atoms with E-state index in [-0.39, 0.29) is 5.97 Å². The van der Waals surface area contributed by atoms with Crippen molar-refractivity contribution in [2.24, 2.45) is 5.92 Å². The summed E-state index contributed by atoms with van der Waals surface area (Å²) in [6.45, 7) is 10.5. The lowest BCUT2D eigenvalue weighted by molar-refractivity contribution is 0.0524. The van der Waals surface area contributed by atoms with Gasteiger partial charge in [-0.15, -0.1) is 0 Å². The van der Waals surface area contributed by atoms with Gasteiger partial charge in [-0.05, 0) is 39.5 Å². The molecule has 0 saturated heterocycles. The van der Waals surface area contributed by atoms with Crippen molar-refractivity contribution in [3.05, 3.63) is 17.5 Å². The van der Waals surface area contributed by atoms with Gasteiger partial charge in [0.1, 0.15) is 0 Å². The molecule has 0 aliphatic carbocycles. The van der Waals surface area contributed by atoms with Crippen molar-refractivity contribution in [3.8, 4) is 0 Å². The second-order valence-corrected chi connectivity index (χ2v) is 5.43. The van der Waals surface area contributed by atoms with E-state index >= 15 is 0 Å². The van der Waals surface area contributed by atoms with E-state index in [9.17, 15) is 4.79 Å². The van der Waals surface area contributed by atoms with Crippen LogP contribution in [0, 0.1) is 12.8 Å². The molecule has 1 rings (SSSR count). The first-order valence-electron chi connectivity index (χ1n) is 7.21. The zero-order valence-corrected chi connectivity index (χ0v) is 13.1. The Bertz CT molecular complexity index is 447. The molecular formula is C15H25N3O2. The van der Waals surface area contributed by atoms with Crippen LogP contribution >= 0.6 is 0 Å². The van der Waals surface area contributed by atoms with Crippen LogP contribution in [0.15, 0.2) is 6.20 Å². The lowest BCUT2D eigenvalue weighted by atomic mass is 10.0. The number of hydrogen-bond acceptors (Lipinski definition) is 5. The molecule has 0 aromatic carbocycles. The molecule has 0 amide bonds. The monoisotopic (exact) mass is 279 g/mol. The van der Waals surface area contributed by atoms with Crippen LogP contribution < -0.4 is 5.32 Å². The number of anilines is 1. The minimum absolute atomic E-state index is 0.310. The molecule has 0 aliphatic rings. The molecular weight excluding hydrogens is 254 g/mol. The van der Waals surface area contributed by atoms with Crippen LogP contribution in [0.25, 0.3) is 0 Å². The summed E-state index contributed by atoms with van der Waals surface area (Å²) in [6.07, 6.45) is 3.76. The third-order valence-corrected chi connectivity index (χ3v) is 3.03. The Morgan fingerprint density at radius 3 is 2.60 bits per heavy atom. The second-order valence-electron chi connectivity index (χ2n) is 5.43. The highest BCUT2D eigenvalue weighted by molar-refractivity contribution is 5.90. The molecule has 1 aromatic heterocycles. The molecule has 0 saturated carbocycles. The van der Waals surface area contributed by atoms with Gasteiger partial charge in [-0.2, -0.15) is 0 Å². The summed E-state index contributed by atoms with van der Waals surface area (Å²) >= 11 is 0. The third kappa shape index (κ3) is 5.15. The van der Waals surface area contributed by atoms with Gasteiger partial charge in [-0.1, -0.05) is 13.8 Å². The number of nitrogens with one attached hydrogen (secondary N) is 1. The molecule has 112 valence electrons. The smallest absolute Gasteiger partial charge is 0.341 e. The van der Waals surface area contributed by atoms with E-state index in [2.05, 4.69) is 36.1 Å². The molecule has 20 heavy (non-hydrogen) atoms. The number of ether oxygens (including phenoxy) is 1. The van der Waals surface area contributed by atoms with E-state index < -0.39 is 0 Å². The molecule has 1 atom stereocenters. The van der Waals surface area contributed by atoms with Crippen molar-refractivity contribution in [1.29, 1.82) is 0 Å². The average molecular weight is 279 g/mol. The molecule has 0 fully saturated rings. The Balaban J connectivity index is 2.65. The van der Waals surface area contributed by atoms with Crippen LogP contribution in [-0.2, 0) is 4.74 Å².